The van der Waals surface area contributed by atoms with E-state index in [0.29, 0.717) is 33.6 Å². The largest absolute Gasteiger partial charge is 0.480 e. The van der Waals surface area contributed by atoms with Crippen molar-refractivity contribution in [1.29, 1.82) is 0 Å². The van der Waals surface area contributed by atoms with Crippen molar-refractivity contribution in [1.82, 2.24) is 20.0 Å². The molecule has 0 fully saturated rings. The highest BCUT2D eigenvalue weighted by atomic mass is 16.7. The lowest BCUT2D eigenvalue weighted by Crippen LogP contribution is -2.23. The second kappa shape index (κ2) is 7.76. The fourth-order valence-electron chi connectivity index (χ4n) is 3.55. The minimum absolute atomic E-state index is 0.110. The third-order valence-corrected chi connectivity index (χ3v) is 5.04. The van der Waals surface area contributed by atoms with Gasteiger partial charge >= 0.3 is 0 Å². The number of amidine groups is 1. The van der Waals surface area contributed by atoms with E-state index in [1.54, 1.807) is 36.5 Å². The Kier molecular flexibility index (Phi) is 4.77. The lowest BCUT2D eigenvalue weighted by atomic mass is 10.0. The van der Waals surface area contributed by atoms with E-state index in [1.807, 2.05) is 24.3 Å². The van der Waals surface area contributed by atoms with E-state index in [4.69, 9.17) is 15.3 Å². The fourth-order valence-corrected chi connectivity index (χ4v) is 3.55. The number of nitrogens with one attached hydrogen (secondary N) is 1. The van der Waals surface area contributed by atoms with Gasteiger partial charge in [-0.05, 0) is 35.9 Å². The highest BCUT2D eigenvalue weighted by Crippen LogP contribution is 2.27. The zero-order valence-corrected chi connectivity index (χ0v) is 16.9. The second-order valence-corrected chi connectivity index (χ2v) is 6.98. The quantitative estimate of drug-likeness (QED) is 0.444. The van der Waals surface area contributed by atoms with Crippen LogP contribution in [0.15, 0.2) is 70.6 Å². The minimum atomic E-state index is -1.31. The molecule has 0 aliphatic carbocycles. The molecule has 1 unspecified atom stereocenters. The lowest BCUT2D eigenvalue weighted by molar-refractivity contribution is -0.102. The van der Waals surface area contributed by atoms with E-state index in [9.17, 15) is 9.90 Å². The Bertz CT molecular complexity index is 1420. The summed E-state index contributed by atoms with van der Waals surface area (Å²) in [6, 6.07) is 16.2. The van der Waals surface area contributed by atoms with Gasteiger partial charge in [-0.2, -0.15) is 0 Å². The van der Waals surface area contributed by atoms with Crippen molar-refractivity contribution >= 4 is 22.7 Å². The van der Waals surface area contributed by atoms with Crippen LogP contribution in [0.1, 0.15) is 5.56 Å². The molecule has 1 atom stereocenters. The summed E-state index contributed by atoms with van der Waals surface area (Å²) in [5.41, 5.74) is 11.4. The first-order valence-corrected chi connectivity index (χ1v) is 9.65. The summed E-state index contributed by atoms with van der Waals surface area (Å²) in [7, 11) is 1.48. The van der Waals surface area contributed by atoms with Gasteiger partial charge in [-0.1, -0.05) is 24.3 Å². The molecule has 0 amide bonds. The number of aliphatic hydroxyl groups excluding tert-OH is 1. The van der Waals surface area contributed by atoms with Gasteiger partial charge in [-0.15, -0.1) is 0 Å². The molecule has 0 spiro atoms. The highest BCUT2D eigenvalue weighted by molar-refractivity contribution is 6.01. The summed E-state index contributed by atoms with van der Waals surface area (Å²) in [5, 5.41) is 9.92. The van der Waals surface area contributed by atoms with Crippen molar-refractivity contribution in [2.24, 2.45) is 4.99 Å². The Balaban J connectivity index is 1.66. The van der Waals surface area contributed by atoms with Crippen molar-refractivity contribution in [2.75, 3.05) is 12.8 Å². The van der Waals surface area contributed by atoms with Crippen LogP contribution in [0.25, 0.3) is 27.7 Å². The first-order chi connectivity index (χ1) is 15.5. The van der Waals surface area contributed by atoms with Crippen molar-refractivity contribution < 1.29 is 14.7 Å². The second-order valence-electron chi connectivity index (χ2n) is 6.98. The Hall–Kier alpha value is -4.28. The van der Waals surface area contributed by atoms with Crippen LogP contribution in [0.4, 0.5) is 5.95 Å². The van der Waals surface area contributed by atoms with Crippen LogP contribution < -0.4 is 21.5 Å². The molecule has 4 aromatic rings. The highest BCUT2D eigenvalue weighted by Gasteiger charge is 2.21. The number of hydrogen-bond acceptors (Lipinski definition) is 9. The zero-order valence-electron chi connectivity index (χ0n) is 16.9. The molecule has 1 aliphatic rings. The van der Waals surface area contributed by atoms with Gasteiger partial charge in [0.1, 0.15) is 0 Å². The Labute approximate surface area is 181 Å². The molecule has 0 radical (unpaired) electrons. The predicted octanol–water partition coefficient (Wildman–Crippen LogP) is 1.60. The summed E-state index contributed by atoms with van der Waals surface area (Å²) in [6.45, 7) is 0. The first-order valence-electron chi connectivity index (χ1n) is 9.65. The van der Waals surface area contributed by atoms with Crippen molar-refractivity contribution in [2.45, 2.75) is 6.41 Å². The molecule has 32 heavy (non-hydrogen) atoms. The van der Waals surface area contributed by atoms with Gasteiger partial charge in [0.25, 0.3) is 12.0 Å². The monoisotopic (exact) mass is 430 g/mol. The van der Waals surface area contributed by atoms with Gasteiger partial charge in [0.05, 0.1) is 29.3 Å². The van der Waals surface area contributed by atoms with E-state index >= 15 is 0 Å². The van der Waals surface area contributed by atoms with Crippen LogP contribution in [0.2, 0.25) is 0 Å². The number of benzene rings is 2. The van der Waals surface area contributed by atoms with Crippen LogP contribution >= 0.6 is 0 Å². The average Bonchev–Trinajstić information content (AvgIpc) is 3.25. The van der Waals surface area contributed by atoms with Crippen LogP contribution in [-0.4, -0.2) is 39.0 Å². The lowest BCUT2D eigenvalue weighted by Gasteiger charge is -2.12. The van der Waals surface area contributed by atoms with Crippen LogP contribution in [-0.2, 0) is 4.84 Å². The van der Waals surface area contributed by atoms with E-state index in [1.165, 1.54) is 11.7 Å². The van der Waals surface area contributed by atoms with E-state index in [2.05, 4.69) is 20.4 Å². The third kappa shape index (κ3) is 3.33. The number of ether oxygens (including phenoxy) is 1. The molecule has 3 heterocycles. The number of nitrogen functional groups attached to an aromatic ring is 1. The number of anilines is 1. The number of aliphatic imine (C=N–C) groups is 1. The molecule has 160 valence electrons. The molecule has 5 rings (SSSR count). The van der Waals surface area contributed by atoms with Crippen LogP contribution in [0.3, 0.4) is 0 Å². The number of nitrogens with two attached hydrogens (primary N) is 1. The number of pyridine rings is 1. The number of aromatic nitrogens is 3. The molecule has 10 heteroatoms. The number of nitrogens with zero attached hydrogens (tertiary/aromatic N) is 4. The Morgan fingerprint density at radius 2 is 1.97 bits per heavy atom. The van der Waals surface area contributed by atoms with E-state index in [0.717, 1.165) is 5.56 Å². The van der Waals surface area contributed by atoms with Gasteiger partial charge in [0.2, 0.25) is 11.8 Å². The molecule has 0 saturated heterocycles. The third-order valence-electron chi connectivity index (χ3n) is 5.04. The maximum Gasteiger partial charge on any atom is 0.280 e. The molecule has 1 aliphatic heterocycles. The Morgan fingerprint density at radius 3 is 2.69 bits per heavy atom. The number of hydroxylamine groups is 1. The maximum atomic E-state index is 13.3. The van der Waals surface area contributed by atoms with E-state index < -0.39 is 6.41 Å². The van der Waals surface area contributed by atoms with Gasteiger partial charge in [0, 0.05) is 11.8 Å². The predicted molar refractivity (Wildman–Crippen MR) is 118 cm³/mol. The summed E-state index contributed by atoms with van der Waals surface area (Å²) in [6.07, 6.45) is 0.309. The van der Waals surface area contributed by atoms with Crippen LogP contribution in [0.5, 0.6) is 5.88 Å². The van der Waals surface area contributed by atoms with Crippen molar-refractivity contribution in [3.05, 3.63) is 76.7 Å². The standard InChI is InChI=1S/C22H18N6O4/c1-31-19-16(18-26-22(30)32-27-18)10-13(11-24-19)12-7-8-17-15(9-12)20(29)28(21(23)25-17)14-5-3-2-4-6-14/h2-11,22,30H,1H3,(H2,23,25)(H,26,27). The molecule has 4 N–H and O–H groups in total. The molecule has 10 nitrogen and oxygen atoms in total. The van der Waals surface area contributed by atoms with Gasteiger partial charge in [-0.25, -0.2) is 29.8 Å². The van der Waals surface area contributed by atoms with Gasteiger partial charge in [-0.3, -0.25) is 4.79 Å². The first kappa shape index (κ1) is 19.7. The molecule has 0 saturated carbocycles. The molecule has 0 bridgehead atoms. The number of methoxy groups -OCH3 is 1. The average molecular weight is 430 g/mol. The smallest absolute Gasteiger partial charge is 0.280 e. The molecular formula is C22H18N6O4. The normalized spacial score (nSPS) is 15.4. The minimum Gasteiger partial charge on any atom is -0.480 e. The maximum absolute atomic E-state index is 13.3. The number of aliphatic hydroxyl groups is 1. The zero-order chi connectivity index (χ0) is 22.2. The van der Waals surface area contributed by atoms with Crippen molar-refractivity contribution in [3.63, 3.8) is 0 Å². The number of fused-ring (bicyclic) bond motifs is 1. The number of para-hydroxylation sites is 1. The number of rotatable bonds is 4. The summed E-state index contributed by atoms with van der Waals surface area (Å²) in [4.78, 5) is 30.8. The Morgan fingerprint density at radius 1 is 1.16 bits per heavy atom. The van der Waals surface area contributed by atoms with E-state index in [-0.39, 0.29) is 17.3 Å². The number of hydrogen-bond donors (Lipinski definition) is 3. The summed E-state index contributed by atoms with van der Waals surface area (Å²) < 4.78 is 6.68. The van der Waals surface area contributed by atoms with Crippen molar-refractivity contribution in [3.8, 4) is 22.7 Å². The summed E-state index contributed by atoms with van der Waals surface area (Å²) >= 11 is 0. The van der Waals surface area contributed by atoms with Gasteiger partial charge < -0.3 is 15.6 Å². The topological polar surface area (TPSA) is 137 Å². The SMILES string of the molecule is COc1ncc(-c2ccc3nc(N)n(-c4ccccc4)c(=O)c3c2)cc1C1=NC(O)ON1. The fraction of sp³-hybridized carbons (Fsp3) is 0.0909. The summed E-state index contributed by atoms with van der Waals surface area (Å²) in [5.74, 6) is 0.698. The molecule has 2 aromatic carbocycles. The van der Waals surface area contributed by atoms with Crippen LogP contribution in [0, 0.1) is 0 Å². The molecule has 2 aromatic heterocycles. The molecular weight excluding hydrogens is 412 g/mol. The van der Waals surface area contributed by atoms with Gasteiger partial charge in [0.15, 0.2) is 5.84 Å².